The Kier molecular flexibility index (Phi) is 4.54. The van der Waals surface area contributed by atoms with Crippen LogP contribution in [0.5, 0.6) is 0 Å². The van der Waals surface area contributed by atoms with Gasteiger partial charge in [0.05, 0.1) is 12.6 Å². The summed E-state index contributed by atoms with van der Waals surface area (Å²) >= 11 is 0. The minimum atomic E-state index is -0.0745. The summed E-state index contributed by atoms with van der Waals surface area (Å²) in [4.78, 5) is 12.6. The van der Waals surface area contributed by atoms with E-state index in [1.807, 2.05) is 6.92 Å². The van der Waals surface area contributed by atoms with Crippen molar-refractivity contribution in [1.82, 2.24) is 4.90 Å². The van der Waals surface area contributed by atoms with E-state index in [4.69, 9.17) is 4.74 Å². The number of amides is 1. The first kappa shape index (κ1) is 10.2. The second-order valence-electron chi connectivity index (χ2n) is 2.46. The zero-order chi connectivity index (χ0) is 8.85. The Hall–Kier alpha value is -0.830. The van der Waals surface area contributed by atoms with Gasteiger partial charge in [0.1, 0.15) is 0 Å². The van der Waals surface area contributed by atoms with Crippen LogP contribution in [0.25, 0.3) is 0 Å². The molecule has 0 N–H and O–H groups in total. The van der Waals surface area contributed by atoms with Crippen LogP contribution in [0.3, 0.4) is 0 Å². The molecule has 0 fully saturated rings. The van der Waals surface area contributed by atoms with Crippen LogP contribution in [0.4, 0.5) is 0 Å². The smallest absolute Gasteiger partial charge is 0.246 e. The van der Waals surface area contributed by atoms with E-state index in [0.29, 0.717) is 6.61 Å². The zero-order valence-corrected chi connectivity index (χ0v) is 7.33. The summed E-state index contributed by atoms with van der Waals surface area (Å²) < 4.78 is 4.89. The highest BCUT2D eigenvalue weighted by Gasteiger charge is 2.11. The Balaban J connectivity index is 3.89. The Labute approximate surface area is 67.6 Å². The van der Waals surface area contributed by atoms with E-state index >= 15 is 0 Å². The molecule has 0 spiro atoms. The first-order valence-electron chi connectivity index (χ1n) is 3.51. The molecule has 0 aliphatic rings. The molecule has 3 nitrogen and oxygen atoms in total. The van der Waals surface area contributed by atoms with Crippen molar-refractivity contribution in [2.24, 2.45) is 0 Å². The first-order chi connectivity index (χ1) is 5.13. The van der Waals surface area contributed by atoms with Gasteiger partial charge in [-0.25, -0.2) is 0 Å². The number of ether oxygens (including phenoxy) is 1. The quantitative estimate of drug-likeness (QED) is 0.561. The molecule has 11 heavy (non-hydrogen) atoms. The van der Waals surface area contributed by atoms with E-state index in [1.54, 1.807) is 19.1 Å². The highest BCUT2D eigenvalue weighted by molar-refractivity contribution is 5.86. The van der Waals surface area contributed by atoms with E-state index in [1.165, 1.54) is 6.08 Å². The molecule has 0 aromatic carbocycles. The first-order valence-corrected chi connectivity index (χ1v) is 3.51. The fourth-order valence-electron chi connectivity index (χ4n) is 0.714. The van der Waals surface area contributed by atoms with Gasteiger partial charge in [0.2, 0.25) is 5.91 Å². The molecule has 0 saturated carbocycles. The van der Waals surface area contributed by atoms with E-state index in [9.17, 15) is 4.79 Å². The monoisotopic (exact) mass is 157 g/mol. The third-order valence-electron chi connectivity index (χ3n) is 1.59. The lowest BCUT2D eigenvalue weighted by Gasteiger charge is -2.22. The number of likely N-dealkylation sites (N-methyl/N-ethyl adjacent to an activating group) is 1. The van der Waals surface area contributed by atoms with Crippen molar-refractivity contribution in [1.29, 1.82) is 0 Å². The third kappa shape index (κ3) is 3.18. The molecule has 0 aliphatic heterocycles. The second-order valence-corrected chi connectivity index (χ2v) is 2.46. The highest BCUT2D eigenvalue weighted by atomic mass is 16.5. The Morgan fingerprint density at radius 1 is 1.82 bits per heavy atom. The summed E-state index contributed by atoms with van der Waals surface area (Å²) in [5, 5.41) is 0. The van der Waals surface area contributed by atoms with Gasteiger partial charge in [0, 0.05) is 14.2 Å². The molecule has 0 aliphatic carbocycles. The Morgan fingerprint density at radius 2 is 2.36 bits per heavy atom. The average Bonchev–Trinajstić information content (AvgIpc) is 2.02. The third-order valence-corrected chi connectivity index (χ3v) is 1.59. The number of hydrogen-bond donors (Lipinski definition) is 0. The van der Waals surface area contributed by atoms with Gasteiger partial charge in [0.25, 0.3) is 0 Å². The van der Waals surface area contributed by atoms with Crippen LogP contribution in [0.15, 0.2) is 12.7 Å². The molecule has 1 amide bonds. The van der Waals surface area contributed by atoms with Crippen LogP contribution in [0.2, 0.25) is 0 Å². The zero-order valence-electron chi connectivity index (χ0n) is 7.33. The molecule has 3 heteroatoms. The van der Waals surface area contributed by atoms with Crippen molar-refractivity contribution in [3.05, 3.63) is 12.7 Å². The number of hydrogen-bond acceptors (Lipinski definition) is 2. The van der Waals surface area contributed by atoms with Crippen molar-refractivity contribution in [3.63, 3.8) is 0 Å². The van der Waals surface area contributed by atoms with Gasteiger partial charge < -0.3 is 9.64 Å². The van der Waals surface area contributed by atoms with Gasteiger partial charge in [-0.15, -0.1) is 0 Å². The molecule has 64 valence electrons. The van der Waals surface area contributed by atoms with E-state index in [-0.39, 0.29) is 11.9 Å². The summed E-state index contributed by atoms with van der Waals surface area (Å²) in [6.45, 7) is 5.87. The standard InChI is InChI=1S/C8H15NO2/c1-5-8(10)9(3)7(2)6-11-4/h5,7H,1,6H2,2-4H3. The maximum atomic E-state index is 11.0. The molecule has 0 radical (unpaired) electrons. The fourth-order valence-corrected chi connectivity index (χ4v) is 0.714. The Morgan fingerprint density at radius 3 is 2.73 bits per heavy atom. The predicted molar refractivity (Wildman–Crippen MR) is 44.3 cm³/mol. The van der Waals surface area contributed by atoms with Crippen LogP contribution < -0.4 is 0 Å². The normalized spacial score (nSPS) is 12.3. The number of nitrogens with zero attached hydrogens (tertiary/aromatic N) is 1. The SMILES string of the molecule is C=CC(=O)N(C)C(C)COC. The van der Waals surface area contributed by atoms with Gasteiger partial charge in [-0.2, -0.15) is 0 Å². The molecular weight excluding hydrogens is 142 g/mol. The predicted octanol–water partition coefficient (Wildman–Crippen LogP) is 0.666. The summed E-state index contributed by atoms with van der Waals surface area (Å²) in [7, 11) is 3.34. The van der Waals surface area contributed by atoms with Gasteiger partial charge in [-0.3, -0.25) is 4.79 Å². The van der Waals surface area contributed by atoms with Crippen molar-refractivity contribution in [3.8, 4) is 0 Å². The van der Waals surface area contributed by atoms with E-state index < -0.39 is 0 Å². The molecule has 0 aromatic heterocycles. The maximum Gasteiger partial charge on any atom is 0.246 e. The van der Waals surface area contributed by atoms with Gasteiger partial charge in [-0.1, -0.05) is 6.58 Å². The number of rotatable bonds is 4. The molecule has 0 aromatic rings. The molecule has 0 heterocycles. The molecule has 0 bridgehead atoms. The number of carbonyl (C=O) groups is 1. The van der Waals surface area contributed by atoms with Gasteiger partial charge in [0.15, 0.2) is 0 Å². The van der Waals surface area contributed by atoms with Gasteiger partial charge >= 0.3 is 0 Å². The second kappa shape index (κ2) is 4.91. The average molecular weight is 157 g/mol. The molecule has 1 atom stereocenters. The topological polar surface area (TPSA) is 29.5 Å². The number of methoxy groups -OCH3 is 1. The molecule has 1 unspecified atom stereocenters. The molecule has 0 saturated heterocycles. The van der Waals surface area contributed by atoms with Gasteiger partial charge in [-0.05, 0) is 13.0 Å². The van der Waals surface area contributed by atoms with Crippen LogP contribution in [-0.4, -0.2) is 37.6 Å². The molecular formula is C8H15NO2. The molecule has 0 rings (SSSR count). The lowest BCUT2D eigenvalue weighted by molar-refractivity contribution is -0.127. The summed E-state index contributed by atoms with van der Waals surface area (Å²) in [5.41, 5.74) is 0. The number of carbonyl (C=O) groups excluding carboxylic acids is 1. The lowest BCUT2D eigenvalue weighted by Crippen LogP contribution is -2.36. The summed E-state index contributed by atoms with van der Waals surface area (Å²) in [6, 6.07) is 0.102. The minimum Gasteiger partial charge on any atom is -0.383 e. The summed E-state index contributed by atoms with van der Waals surface area (Å²) in [6.07, 6.45) is 1.30. The van der Waals surface area contributed by atoms with Crippen LogP contribution >= 0.6 is 0 Å². The minimum absolute atomic E-state index is 0.0745. The van der Waals surface area contributed by atoms with Crippen molar-refractivity contribution < 1.29 is 9.53 Å². The van der Waals surface area contributed by atoms with Crippen molar-refractivity contribution in [2.45, 2.75) is 13.0 Å². The Bertz CT molecular complexity index is 145. The maximum absolute atomic E-state index is 11.0. The fraction of sp³-hybridized carbons (Fsp3) is 0.625. The lowest BCUT2D eigenvalue weighted by atomic mass is 10.3. The van der Waals surface area contributed by atoms with E-state index in [0.717, 1.165) is 0 Å². The highest BCUT2D eigenvalue weighted by Crippen LogP contribution is 1.96. The van der Waals surface area contributed by atoms with Crippen LogP contribution in [0.1, 0.15) is 6.92 Å². The van der Waals surface area contributed by atoms with Crippen molar-refractivity contribution >= 4 is 5.91 Å². The largest absolute Gasteiger partial charge is 0.383 e. The van der Waals surface area contributed by atoms with Crippen LogP contribution in [-0.2, 0) is 9.53 Å². The van der Waals surface area contributed by atoms with E-state index in [2.05, 4.69) is 6.58 Å². The van der Waals surface area contributed by atoms with Crippen LogP contribution in [0, 0.1) is 0 Å². The summed E-state index contributed by atoms with van der Waals surface area (Å²) in [5.74, 6) is -0.0745. The van der Waals surface area contributed by atoms with Crippen molar-refractivity contribution in [2.75, 3.05) is 20.8 Å².